The average Bonchev–Trinajstić information content (AvgIpc) is 1.86. The first-order valence-electron chi connectivity index (χ1n) is 2.81. The third kappa shape index (κ3) is 3.68. The van der Waals surface area contributed by atoms with Gasteiger partial charge in [0.2, 0.25) is 0 Å². The van der Waals surface area contributed by atoms with E-state index in [2.05, 4.69) is 4.18 Å². The lowest BCUT2D eigenvalue weighted by molar-refractivity contribution is 0.391. The van der Waals surface area contributed by atoms with Gasteiger partial charge in [-0.2, -0.15) is 8.42 Å². The van der Waals surface area contributed by atoms with Crippen molar-refractivity contribution >= 4 is 20.8 Å². The summed E-state index contributed by atoms with van der Waals surface area (Å²) in [5.74, 6) is -0.397. The summed E-state index contributed by atoms with van der Waals surface area (Å²) >= 11 is 0. The summed E-state index contributed by atoms with van der Waals surface area (Å²) in [4.78, 5) is 0. The zero-order valence-corrected chi connectivity index (χ0v) is 7.89. The quantitative estimate of drug-likeness (QED) is 0.465. The van der Waals surface area contributed by atoms with Gasteiger partial charge < -0.3 is 0 Å². The van der Waals surface area contributed by atoms with Gasteiger partial charge in [-0.3, -0.25) is 4.18 Å². The lowest BCUT2D eigenvalue weighted by atomic mass is 10.6. The summed E-state index contributed by atoms with van der Waals surface area (Å²) in [6.07, 6.45) is 0. The van der Waals surface area contributed by atoms with E-state index in [0.717, 1.165) is 7.11 Å². The molecule has 0 aromatic carbocycles. The first-order valence-corrected chi connectivity index (χ1v) is 5.65. The molecule has 7 heteroatoms. The van der Waals surface area contributed by atoms with Crippen molar-refractivity contribution < 1.29 is 21.0 Å². The van der Waals surface area contributed by atoms with Crippen molar-refractivity contribution in [3.8, 4) is 0 Å². The molecule has 0 N–H and O–H groups in total. The summed E-state index contributed by atoms with van der Waals surface area (Å²) in [6.45, 7) is 1.28. The molecule has 1 atom stereocenters. The van der Waals surface area contributed by atoms with E-state index >= 15 is 0 Å². The molecule has 0 saturated carbocycles. The zero-order valence-electron chi connectivity index (χ0n) is 6.18. The Bertz CT molecular complexity index is 267. The highest BCUT2D eigenvalue weighted by molar-refractivity contribution is 7.88. The third-order valence-electron chi connectivity index (χ3n) is 1.13. The summed E-state index contributed by atoms with van der Waals surface area (Å²) in [5.41, 5.74) is 0. The van der Waals surface area contributed by atoms with Gasteiger partial charge in [0.1, 0.15) is 10.7 Å². The fourth-order valence-corrected chi connectivity index (χ4v) is 2.31. The third-order valence-corrected chi connectivity index (χ3v) is 3.84. The molecule has 0 aromatic rings. The molecule has 0 aromatic heterocycles. The van der Waals surface area contributed by atoms with Crippen LogP contribution in [0.4, 0.5) is 0 Å². The molecule has 0 rings (SSSR count). The topological polar surface area (TPSA) is 77.5 Å². The Morgan fingerprint density at radius 3 is 2.18 bits per heavy atom. The van der Waals surface area contributed by atoms with Crippen LogP contribution in [0.25, 0.3) is 0 Å². The largest absolute Gasteiger partial charge is 0.273 e. The van der Waals surface area contributed by atoms with Gasteiger partial charge in [0.05, 0.1) is 18.1 Å². The van der Waals surface area contributed by atoms with Gasteiger partial charge in [0.15, 0.2) is 0 Å². The van der Waals surface area contributed by atoms with Crippen LogP contribution in [0.15, 0.2) is 0 Å². The van der Waals surface area contributed by atoms with Gasteiger partial charge in [-0.05, 0) is 6.92 Å². The molecule has 1 unspecified atom stereocenters. The second-order valence-corrected chi connectivity index (χ2v) is 5.14. The molecule has 0 saturated heterocycles. The molecule has 11 heavy (non-hydrogen) atoms. The Labute approximate surface area is 67.4 Å². The van der Waals surface area contributed by atoms with Gasteiger partial charge in [0, 0.05) is 0 Å². The molecular formula is C4H10O5S2. The van der Waals surface area contributed by atoms with E-state index in [4.69, 9.17) is 0 Å². The number of rotatable bonds is 4. The molecular weight excluding hydrogens is 192 g/mol. The van der Waals surface area contributed by atoms with E-state index in [0.29, 0.717) is 0 Å². The van der Waals surface area contributed by atoms with Crippen LogP contribution in [0.2, 0.25) is 0 Å². The number of thiol groups is 1. The highest BCUT2D eigenvalue weighted by Crippen LogP contribution is 2.01. The summed E-state index contributed by atoms with van der Waals surface area (Å²) in [5, 5.41) is -0.992. The Morgan fingerprint density at radius 1 is 1.45 bits per heavy atom. The van der Waals surface area contributed by atoms with Crippen molar-refractivity contribution in [1.29, 1.82) is 0 Å². The average molecular weight is 202 g/mol. The number of hydrogen-bond acceptors (Lipinski definition) is 5. The van der Waals surface area contributed by atoms with E-state index in [-0.39, 0.29) is 0 Å². The maximum Gasteiger partial charge on any atom is 0.270 e. The smallest absolute Gasteiger partial charge is 0.270 e. The monoisotopic (exact) mass is 202 g/mol. The maximum absolute atomic E-state index is 10.7. The molecule has 0 aliphatic rings. The molecule has 5 nitrogen and oxygen atoms in total. The first kappa shape index (κ1) is 10.9. The van der Waals surface area contributed by atoms with E-state index in [9.17, 15) is 16.8 Å². The Kier molecular flexibility index (Phi) is 3.98. The summed E-state index contributed by atoms with van der Waals surface area (Å²) in [6, 6.07) is 0. The lowest BCUT2D eigenvalue weighted by Crippen LogP contribution is -2.23. The van der Waals surface area contributed by atoms with Crippen molar-refractivity contribution in [2.75, 3.05) is 12.9 Å². The van der Waals surface area contributed by atoms with Crippen LogP contribution in [0.5, 0.6) is 0 Å². The van der Waals surface area contributed by atoms with Crippen LogP contribution in [-0.2, 0) is 25.0 Å². The Hall–Kier alpha value is -0.140. The molecule has 68 valence electrons. The normalized spacial score (nSPS) is 15.2. The molecule has 0 aliphatic carbocycles. The van der Waals surface area contributed by atoms with E-state index < -0.39 is 31.8 Å². The Morgan fingerprint density at radius 2 is 1.91 bits per heavy atom. The van der Waals surface area contributed by atoms with Crippen LogP contribution in [0, 0.1) is 0 Å². The van der Waals surface area contributed by atoms with E-state index in [1.807, 2.05) is 0 Å². The molecule has 0 bridgehead atoms. The Balaban J connectivity index is 4.37. The second kappa shape index (κ2) is 4.03. The minimum atomic E-state index is -3.68. The van der Waals surface area contributed by atoms with Gasteiger partial charge >= 0.3 is 0 Å². The standard InChI is InChI=1S/C4H10O5S2/c1-4(3-10(5)6)11(7,8)9-2/h4,10H,3H2,1-2H3. The van der Waals surface area contributed by atoms with E-state index in [1.165, 1.54) is 6.92 Å². The molecule has 0 radical (unpaired) electrons. The van der Waals surface area contributed by atoms with Gasteiger partial charge in [0.25, 0.3) is 10.1 Å². The van der Waals surface area contributed by atoms with Crippen molar-refractivity contribution in [2.24, 2.45) is 0 Å². The fraction of sp³-hybridized carbons (Fsp3) is 1.00. The van der Waals surface area contributed by atoms with Crippen molar-refractivity contribution in [3.63, 3.8) is 0 Å². The van der Waals surface area contributed by atoms with E-state index in [1.54, 1.807) is 0 Å². The minimum Gasteiger partial charge on any atom is -0.273 e. The van der Waals surface area contributed by atoms with Gasteiger partial charge in [-0.15, -0.1) is 0 Å². The molecule has 0 fully saturated rings. The lowest BCUT2D eigenvalue weighted by Gasteiger charge is -2.05. The SMILES string of the molecule is COS(=O)(=O)C(C)C[SH](=O)=O. The first-order chi connectivity index (χ1) is 4.90. The maximum atomic E-state index is 10.7. The molecule has 0 amide bonds. The molecule has 0 heterocycles. The van der Waals surface area contributed by atoms with Crippen molar-refractivity contribution in [3.05, 3.63) is 0 Å². The van der Waals surface area contributed by atoms with Crippen molar-refractivity contribution in [2.45, 2.75) is 12.2 Å². The molecule has 0 aliphatic heterocycles. The molecule has 0 spiro atoms. The highest BCUT2D eigenvalue weighted by atomic mass is 32.2. The van der Waals surface area contributed by atoms with Crippen LogP contribution < -0.4 is 0 Å². The number of hydrogen-bond donors (Lipinski definition) is 1. The van der Waals surface area contributed by atoms with Gasteiger partial charge in [-0.25, -0.2) is 8.42 Å². The van der Waals surface area contributed by atoms with Crippen LogP contribution in [0.3, 0.4) is 0 Å². The zero-order chi connectivity index (χ0) is 9.07. The van der Waals surface area contributed by atoms with Crippen LogP contribution >= 0.6 is 0 Å². The van der Waals surface area contributed by atoms with Gasteiger partial charge in [-0.1, -0.05) is 0 Å². The predicted octanol–water partition coefficient (Wildman–Crippen LogP) is -1.04. The fourth-order valence-electron chi connectivity index (χ4n) is 0.465. The van der Waals surface area contributed by atoms with Crippen LogP contribution in [-0.4, -0.2) is 34.9 Å². The summed E-state index contributed by atoms with van der Waals surface area (Å²) in [7, 11) is -5.34. The highest BCUT2D eigenvalue weighted by Gasteiger charge is 2.20. The van der Waals surface area contributed by atoms with Crippen molar-refractivity contribution in [1.82, 2.24) is 0 Å². The minimum absolute atomic E-state index is 0.397. The predicted molar refractivity (Wildman–Crippen MR) is 40.6 cm³/mol. The van der Waals surface area contributed by atoms with Crippen LogP contribution in [0.1, 0.15) is 6.92 Å². The summed E-state index contributed by atoms with van der Waals surface area (Å²) < 4.78 is 45.8. The second-order valence-electron chi connectivity index (χ2n) is 1.99.